The van der Waals surface area contributed by atoms with Crippen LogP contribution < -0.4 is 10.9 Å². The van der Waals surface area contributed by atoms with Crippen molar-refractivity contribution in [3.05, 3.63) is 76.3 Å². The number of rotatable bonds is 5. The van der Waals surface area contributed by atoms with Gasteiger partial charge < -0.3 is 9.88 Å². The van der Waals surface area contributed by atoms with Gasteiger partial charge in [-0.25, -0.2) is 9.67 Å². The number of thiophene rings is 1. The van der Waals surface area contributed by atoms with E-state index >= 15 is 0 Å². The van der Waals surface area contributed by atoms with Gasteiger partial charge in [-0.1, -0.05) is 24.3 Å². The number of benzene rings is 1. The third-order valence-electron chi connectivity index (χ3n) is 5.71. The molecule has 0 aliphatic carbocycles. The van der Waals surface area contributed by atoms with Crippen molar-refractivity contribution < 1.29 is 4.79 Å². The topological polar surface area (TPSA) is 81.8 Å². The first-order valence-electron chi connectivity index (χ1n) is 10.7. The summed E-state index contributed by atoms with van der Waals surface area (Å²) in [6.45, 7) is 2.66. The van der Waals surface area contributed by atoms with Crippen LogP contribution in [0.2, 0.25) is 0 Å². The van der Waals surface area contributed by atoms with Gasteiger partial charge in [-0.3, -0.25) is 9.59 Å². The van der Waals surface area contributed by atoms with Crippen LogP contribution in [0.5, 0.6) is 0 Å². The number of aromatic nitrogens is 4. The first kappa shape index (κ1) is 20.4. The number of hydrogen-bond acceptors (Lipinski definition) is 5. The highest BCUT2D eigenvalue weighted by molar-refractivity contribution is 7.13. The minimum absolute atomic E-state index is 0.306. The zero-order valence-corrected chi connectivity index (χ0v) is 18.5. The summed E-state index contributed by atoms with van der Waals surface area (Å²) in [6.07, 6.45) is 5.34. The van der Waals surface area contributed by atoms with Crippen molar-refractivity contribution in [1.29, 1.82) is 0 Å². The lowest BCUT2D eigenvalue weighted by molar-refractivity contribution is -0.119. The van der Waals surface area contributed by atoms with Gasteiger partial charge >= 0.3 is 0 Å². The molecule has 0 saturated heterocycles. The van der Waals surface area contributed by atoms with Crippen LogP contribution >= 0.6 is 11.3 Å². The molecule has 0 saturated carbocycles. The van der Waals surface area contributed by atoms with Crippen molar-refractivity contribution in [2.75, 3.05) is 5.32 Å². The fourth-order valence-electron chi connectivity index (χ4n) is 3.96. The highest BCUT2D eigenvalue weighted by Crippen LogP contribution is 2.29. The van der Waals surface area contributed by atoms with Crippen LogP contribution in [0.15, 0.2) is 64.9 Å². The van der Waals surface area contributed by atoms with Gasteiger partial charge in [-0.15, -0.1) is 11.3 Å². The van der Waals surface area contributed by atoms with Crippen LogP contribution in [0.3, 0.4) is 0 Å². The lowest BCUT2D eigenvalue weighted by Crippen LogP contribution is -2.33. The number of aryl methyl sites for hydroxylation is 2. The maximum absolute atomic E-state index is 13.1. The zero-order chi connectivity index (χ0) is 22.1. The van der Waals surface area contributed by atoms with E-state index in [-0.39, 0.29) is 11.5 Å². The van der Waals surface area contributed by atoms with Crippen LogP contribution in [0.25, 0.3) is 21.8 Å². The molecule has 1 aromatic carbocycles. The third kappa shape index (κ3) is 3.89. The second-order valence-electron chi connectivity index (χ2n) is 7.88. The van der Waals surface area contributed by atoms with Crippen LogP contribution in [0.4, 0.5) is 5.69 Å². The van der Waals surface area contributed by atoms with Gasteiger partial charge in [0.1, 0.15) is 17.6 Å². The second-order valence-corrected chi connectivity index (χ2v) is 8.83. The van der Waals surface area contributed by atoms with E-state index in [1.807, 2.05) is 41.8 Å². The summed E-state index contributed by atoms with van der Waals surface area (Å²) in [6, 6.07) is 13.9. The minimum Gasteiger partial charge on any atom is -0.334 e. The number of nitrogens with one attached hydrogen (secondary N) is 1. The number of imidazole rings is 1. The SMILES string of the molecule is C[C@H](C(=O)Nc1ccccc1-c1cn2c(n1)CCCC2)n1nc(-c2cccs2)ccc1=O. The van der Waals surface area contributed by atoms with Crippen molar-refractivity contribution in [3.8, 4) is 21.8 Å². The van der Waals surface area contributed by atoms with E-state index in [1.54, 1.807) is 13.0 Å². The Morgan fingerprint density at radius 2 is 1.97 bits per heavy atom. The Morgan fingerprint density at radius 3 is 2.78 bits per heavy atom. The average molecular weight is 446 g/mol. The molecule has 1 N–H and O–H groups in total. The molecular formula is C24H23N5O2S. The minimum atomic E-state index is -0.773. The molecule has 3 aromatic heterocycles. The molecule has 0 unspecified atom stereocenters. The smallest absolute Gasteiger partial charge is 0.267 e. The number of amides is 1. The standard InChI is InChI=1S/C24H23N5O2S/c1-16(29-23(30)12-11-19(27-29)21-9-6-14-32-21)24(31)26-18-8-3-2-7-17(18)20-15-28-13-5-4-10-22(28)25-20/h2-3,6-9,11-12,14-16H,4-5,10,13H2,1H3,(H,26,31)/t16-/m1/s1. The predicted molar refractivity (Wildman–Crippen MR) is 126 cm³/mol. The largest absolute Gasteiger partial charge is 0.334 e. The molecule has 4 aromatic rings. The van der Waals surface area contributed by atoms with Crippen molar-refractivity contribution in [1.82, 2.24) is 19.3 Å². The maximum atomic E-state index is 13.1. The Balaban J connectivity index is 1.42. The van der Waals surface area contributed by atoms with Gasteiger partial charge in [0.25, 0.3) is 5.56 Å². The van der Waals surface area contributed by atoms with Gasteiger partial charge in [0.05, 0.1) is 16.3 Å². The normalized spacial score (nSPS) is 14.0. The summed E-state index contributed by atoms with van der Waals surface area (Å²) in [5.74, 6) is 0.779. The average Bonchev–Trinajstić information content (AvgIpc) is 3.49. The van der Waals surface area contributed by atoms with Gasteiger partial charge in [0, 0.05) is 30.8 Å². The van der Waals surface area contributed by atoms with Gasteiger partial charge in [-0.05, 0) is 43.3 Å². The van der Waals surface area contributed by atoms with E-state index in [9.17, 15) is 9.59 Å². The molecule has 8 heteroatoms. The van der Waals surface area contributed by atoms with Gasteiger partial charge in [0.2, 0.25) is 5.91 Å². The highest BCUT2D eigenvalue weighted by Gasteiger charge is 2.21. The third-order valence-corrected chi connectivity index (χ3v) is 6.61. The molecule has 162 valence electrons. The number of carbonyl (C=O) groups excluding carboxylic acids is 1. The molecule has 1 aliphatic heterocycles. The molecule has 0 radical (unpaired) electrons. The summed E-state index contributed by atoms with van der Waals surface area (Å²) in [4.78, 5) is 31.3. The summed E-state index contributed by atoms with van der Waals surface area (Å²) in [7, 11) is 0. The molecule has 5 rings (SSSR count). The number of anilines is 1. The summed E-state index contributed by atoms with van der Waals surface area (Å²) in [5, 5.41) is 9.38. The van der Waals surface area contributed by atoms with Crippen molar-refractivity contribution >= 4 is 22.9 Å². The van der Waals surface area contributed by atoms with Gasteiger partial charge in [0.15, 0.2) is 0 Å². The van der Waals surface area contributed by atoms with Gasteiger partial charge in [-0.2, -0.15) is 5.10 Å². The molecule has 1 atom stereocenters. The Bertz CT molecular complexity index is 1300. The monoisotopic (exact) mass is 445 g/mol. The number of nitrogens with zero attached hydrogens (tertiary/aromatic N) is 4. The lowest BCUT2D eigenvalue weighted by Gasteiger charge is -2.16. The fourth-order valence-corrected chi connectivity index (χ4v) is 4.66. The van der Waals surface area contributed by atoms with Crippen molar-refractivity contribution in [2.45, 2.75) is 38.8 Å². The van der Waals surface area contributed by atoms with E-state index in [4.69, 9.17) is 4.98 Å². The molecule has 0 fully saturated rings. The zero-order valence-electron chi connectivity index (χ0n) is 17.7. The van der Waals surface area contributed by atoms with E-state index in [0.29, 0.717) is 11.4 Å². The van der Waals surface area contributed by atoms with E-state index in [2.05, 4.69) is 21.2 Å². The number of fused-ring (bicyclic) bond motifs is 1. The van der Waals surface area contributed by atoms with E-state index < -0.39 is 6.04 Å². The molecule has 1 aliphatic rings. The van der Waals surface area contributed by atoms with Crippen LogP contribution in [0, 0.1) is 0 Å². The Kier molecular flexibility index (Phi) is 5.45. The number of para-hydroxylation sites is 1. The predicted octanol–water partition coefficient (Wildman–Crippen LogP) is 4.37. The fraction of sp³-hybridized carbons (Fsp3) is 0.250. The van der Waals surface area contributed by atoms with Crippen LogP contribution in [-0.4, -0.2) is 25.2 Å². The summed E-state index contributed by atoms with van der Waals surface area (Å²) >= 11 is 1.54. The first-order chi connectivity index (χ1) is 15.6. The number of hydrogen-bond donors (Lipinski definition) is 1. The summed E-state index contributed by atoms with van der Waals surface area (Å²) < 4.78 is 3.43. The molecule has 7 nitrogen and oxygen atoms in total. The Morgan fingerprint density at radius 1 is 1.09 bits per heavy atom. The molecule has 0 spiro atoms. The quantitative estimate of drug-likeness (QED) is 0.495. The lowest BCUT2D eigenvalue weighted by atomic mass is 10.1. The Labute approximate surface area is 189 Å². The molecule has 32 heavy (non-hydrogen) atoms. The Hall–Kier alpha value is -3.52. The molecule has 0 bridgehead atoms. The van der Waals surface area contributed by atoms with Crippen molar-refractivity contribution in [2.24, 2.45) is 0 Å². The first-order valence-corrected chi connectivity index (χ1v) is 11.6. The van der Waals surface area contributed by atoms with Crippen LogP contribution in [0.1, 0.15) is 31.6 Å². The molecular weight excluding hydrogens is 422 g/mol. The maximum Gasteiger partial charge on any atom is 0.267 e. The van der Waals surface area contributed by atoms with Crippen LogP contribution in [-0.2, 0) is 17.8 Å². The highest BCUT2D eigenvalue weighted by atomic mass is 32.1. The number of carbonyl (C=O) groups is 1. The van der Waals surface area contributed by atoms with E-state index in [0.717, 1.165) is 47.8 Å². The summed E-state index contributed by atoms with van der Waals surface area (Å²) in [5.41, 5.74) is 2.73. The molecule has 4 heterocycles. The molecule has 1 amide bonds. The van der Waals surface area contributed by atoms with Crippen molar-refractivity contribution in [3.63, 3.8) is 0 Å². The van der Waals surface area contributed by atoms with E-state index in [1.165, 1.54) is 22.1 Å². The second kappa shape index (κ2) is 8.55.